The van der Waals surface area contributed by atoms with Crippen molar-refractivity contribution < 1.29 is 14.8 Å². The monoisotopic (exact) mass is 304 g/mol. The smallest absolute Gasteiger partial charge is 0.488 e. The molecular weight excluding hydrogens is 287 g/mol. The summed E-state index contributed by atoms with van der Waals surface area (Å²) in [5.41, 5.74) is 3.69. The van der Waals surface area contributed by atoms with Gasteiger partial charge in [0.05, 0.1) is 0 Å². The molecule has 0 heterocycles. The van der Waals surface area contributed by atoms with E-state index in [1.807, 2.05) is 66.7 Å². The molecule has 0 bridgehead atoms. The van der Waals surface area contributed by atoms with Gasteiger partial charge in [0.2, 0.25) is 0 Å². The van der Waals surface area contributed by atoms with E-state index in [0.29, 0.717) is 12.1 Å². The maximum Gasteiger partial charge on any atom is 0.488 e. The van der Waals surface area contributed by atoms with E-state index in [4.69, 9.17) is 14.8 Å². The minimum absolute atomic E-state index is 0.483. The molecule has 0 amide bonds. The van der Waals surface area contributed by atoms with E-state index in [1.54, 1.807) is 12.1 Å². The molecule has 0 aliphatic rings. The Morgan fingerprint density at radius 3 is 1.83 bits per heavy atom. The van der Waals surface area contributed by atoms with E-state index >= 15 is 0 Å². The first-order chi connectivity index (χ1) is 11.2. The topological polar surface area (TPSA) is 49.7 Å². The predicted molar refractivity (Wildman–Crippen MR) is 92.5 cm³/mol. The standard InChI is InChI=1S/C19H17BO3/c21-20(22)18-10-6-16(7-11-18)17-8-12-19(13-9-17)23-14-15-4-2-1-3-5-15/h1-13,21-22H,14H2. The van der Waals surface area contributed by atoms with E-state index in [0.717, 1.165) is 22.4 Å². The summed E-state index contributed by atoms with van der Waals surface area (Å²) in [6.07, 6.45) is 0. The average molecular weight is 304 g/mol. The van der Waals surface area contributed by atoms with Gasteiger partial charge in [-0.25, -0.2) is 0 Å². The van der Waals surface area contributed by atoms with Gasteiger partial charge in [0.15, 0.2) is 0 Å². The second-order valence-electron chi connectivity index (χ2n) is 5.29. The maximum atomic E-state index is 9.11. The molecule has 2 N–H and O–H groups in total. The van der Waals surface area contributed by atoms with Crippen LogP contribution in [0.15, 0.2) is 78.9 Å². The van der Waals surface area contributed by atoms with E-state index in [9.17, 15) is 0 Å². The quantitative estimate of drug-likeness (QED) is 0.712. The summed E-state index contributed by atoms with van der Waals surface area (Å²) in [6.45, 7) is 0.545. The van der Waals surface area contributed by atoms with Gasteiger partial charge in [0.25, 0.3) is 0 Å². The van der Waals surface area contributed by atoms with Gasteiger partial charge in [0, 0.05) is 0 Å². The summed E-state index contributed by atoms with van der Waals surface area (Å²) in [4.78, 5) is 0. The normalized spacial score (nSPS) is 10.3. The van der Waals surface area contributed by atoms with Crippen LogP contribution in [-0.2, 0) is 6.61 Å². The maximum absolute atomic E-state index is 9.11. The van der Waals surface area contributed by atoms with Crippen LogP contribution in [0.5, 0.6) is 5.75 Å². The molecule has 3 aromatic rings. The minimum Gasteiger partial charge on any atom is -0.489 e. The van der Waals surface area contributed by atoms with Crippen molar-refractivity contribution in [2.45, 2.75) is 6.61 Å². The number of hydrogen-bond donors (Lipinski definition) is 2. The zero-order chi connectivity index (χ0) is 16.1. The van der Waals surface area contributed by atoms with E-state index in [1.165, 1.54) is 0 Å². The highest BCUT2D eigenvalue weighted by Crippen LogP contribution is 2.22. The molecule has 0 saturated carbocycles. The first kappa shape index (κ1) is 15.3. The molecule has 3 aromatic carbocycles. The van der Waals surface area contributed by atoms with Crippen LogP contribution >= 0.6 is 0 Å². The van der Waals surface area contributed by atoms with E-state index < -0.39 is 7.12 Å². The minimum atomic E-state index is -1.43. The number of hydrogen-bond acceptors (Lipinski definition) is 3. The Morgan fingerprint density at radius 2 is 1.26 bits per heavy atom. The molecule has 0 aromatic heterocycles. The molecule has 0 saturated heterocycles. The fraction of sp³-hybridized carbons (Fsp3) is 0.0526. The van der Waals surface area contributed by atoms with Crippen molar-refractivity contribution in [2.24, 2.45) is 0 Å². The summed E-state index contributed by atoms with van der Waals surface area (Å²) in [5.74, 6) is 0.819. The molecule has 0 fully saturated rings. The zero-order valence-corrected chi connectivity index (χ0v) is 12.6. The number of ether oxygens (including phenoxy) is 1. The van der Waals surface area contributed by atoms with Crippen molar-refractivity contribution in [2.75, 3.05) is 0 Å². The summed E-state index contributed by atoms with van der Waals surface area (Å²) in [7, 11) is -1.43. The molecule has 0 unspecified atom stereocenters. The molecule has 0 aliphatic heterocycles. The summed E-state index contributed by atoms with van der Waals surface area (Å²) >= 11 is 0. The molecule has 3 rings (SSSR count). The van der Waals surface area contributed by atoms with Crippen molar-refractivity contribution in [1.29, 1.82) is 0 Å². The Balaban J connectivity index is 1.67. The highest BCUT2D eigenvalue weighted by atomic mass is 16.5. The van der Waals surface area contributed by atoms with Crippen molar-refractivity contribution in [3.63, 3.8) is 0 Å². The van der Waals surface area contributed by atoms with Gasteiger partial charge < -0.3 is 14.8 Å². The summed E-state index contributed by atoms with van der Waals surface area (Å²) in [6, 6.07) is 25.1. The van der Waals surface area contributed by atoms with Gasteiger partial charge in [0.1, 0.15) is 12.4 Å². The van der Waals surface area contributed by atoms with Crippen LogP contribution in [-0.4, -0.2) is 17.2 Å². The highest BCUT2D eigenvalue weighted by Gasteiger charge is 2.10. The van der Waals surface area contributed by atoms with Gasteiger partial charge in [-0.2, -0.15) is 0 Å². The summed E-state index contributed by atoms with van der Waals surface area (Å²) in [5, 5.41) is 18.2. The third kappa shape index (κ3) is 4.00. The number of benzene rings is 3. The fourth-order valence-electron chi connectivity index (χ4n) is 2.33. The molecule has 0 spiro atoms. The SMILES string of the molecule is OB(O)c1ccc(-c2ccc(OCc3ccccc3)cc2)cc1. The second kappa shape index (κ2) is 7.14. The lowest BCUT2D eigenvalue weighted by Crippen LogP contribution is -2.29. The Kier molecular flexibility index (Phi) is 4.76. The lowest BCUT2D eigenvalue weighted by atomic mass is 9.80. The van der Waals surface area contributed by atoms with Crippen molar-refractivity contribution in [1.82, 2.24) is 0 Å². The Morgan fingerprint density at radius 1 is 0.696 bits per heavy atom. The molecule has 0 radical (unpaired) electrons. The van der Waals surface area contributed by atoms with Crippen molar-refractivity contribution in [3.8, 4) is 16.9 Å². The van der Waals surface area contributed by atoms with Gasteiger partial charge in [-0.1, -0.05) is 66.7 Å². The number of rotatable bonds is 5. The molecule has 3 nitrogen and oxygen atoms in total. The molecule has 0 atom stereocenters. The third-order valence-corrected chi connectivity index (χ3v) is 3.64. The zero-order valence-electron chi connectivity index (χ0n) is 12.6. The molecule has 23 heavy (non-hydrogen) atoms. The molecule has 4 heteroatoms. The van der Waals surface area contributed by atoms with Crippen LogP contribution in [0.25, 0.3) is 11.1 Å². The van der Waals surface area contributed by atoms with E-state index in [2.05, 4.69) is 0 Å². The predicted octanol–water partition coefficient (Wildman–Crippen LogP) is 2.61. The van der Waals surface area contributed by atoms with Crippen LogP contribution in [0, 0.1) is 0 Å². The molecule has 0 aliphatic carbocycles. The van der Waals surface area contributed by atoms with Gasteiger partial charge in [-0.15, -0.1) is 0 Å². The lowest BCUT2D eigenvalue weighted by molar-refractivity contribution is 0.306. The van der Waals surface area contributed by atoms with Gasteiger partial charge in [-0.3, -0.25) is 0 Å². The van der Waals surface area contributed by atoms with Crippen LogP contribution in [0.1, 0.15) is 5.56 Å². The van der Waals surface area contributed by atoms with Gasteiger partial charge in [-0.05, 0) is 34.3 Å². The molecule has 114 valence electrons. The van der Waals surface area contributed by atoms with Crippen LogP contribution in [0.3, 0.4) is 0 Å². The third-order valence-electron chi connectivity index (χ3n) is 3.64. The highest BCUT2D eigenvalue weighted by molar-refractivity contribution is 6.58. The van der Waals surface area contributed by atoms with Crippen LogP contribution in [0.2, 0.25) is 0 Å². The van der Waals surface area contributed by atoms with E-state index in [-0.39, 0.29) is 0 Å². The van der Waals surface area contributed by atoms with Crippen molar-refractivity contribution in [3.05, 3.63) is 84.4 Å². The summed E-state index contributed by atoms with van der Waals surface area (Å²) < 4.78 is 5.77. The average Bonchev–Trinajstić information content (AvgIpc) is 2.61. The lowest BCUT2D eigenvalue weighted by Gasteiger charge is -2.08. The largest absolute Gasteiger partial charge is 0.489 e. The van der Waals surface area contributed by atoms with Crippen LogP contribution < -0.4 is 10.2 Å². The Hall–Kier alpha value is -2.56. The first-order valence-electron chi connectivity index (χ1n) is 7.45. The fourth-order valence-corrected chi connectivity index (χ4v) is 2.33. The Bertz CT molecular complexity index is 738. The van der Waals surface area contributed by atoms with Gasteiger partial charge >= 0.3 is 7.12 Å². The Labute approximate surface area is 136 Å². The molecular formula is C19H17BO3. The van der Waals surface area contributed by atoms with Crippen molar-refractivity contribution >= 4 is 12.6 Å². The first-order valence-corrected chi connectivity index (χ1v) is 7.45. The van der Waals surface area contributed by atoms with Crippen LogP contribution in [0.4, 0.5) is 0 Å². The second-order valence-corrected chi connectivity index (χ2v) is 5.29.